The third-order valence-electron chi connectivity index (χ3n) is 5.56. The third-order valence-corrected chi connectivity index (χ3v) is 5.56. The van der Waals surface area contributed by atoms with Crippen LogP contribution < -0.4 is 0 Å². The number of amides is 1. The normalized spacial score (nSPS) is 21.7. The number of piperidine rings is 1. The minimum absolute atomic E-state index is 0.0139. The van der Waals surface area contributed by atoms with Crippen molar-refractivity contribution in [2.24, 2.45) is 0 Å². The number of ether oxygens (including phenoxy) is 1. The lowest BCUT2D eigenvalue weighted by atomic mass is 9.96. The average molecular weight is 381 g/mol. The molecule has 1 atom stereocenters. The number of carboxylic acid groups (broad SMARTS) is 1. The second-order valence-electron chi connectivity index (χ2n) is 7.29. The molecule has 1 amide bonds. The van der Waals surface area contributed by atoms with E-state index in [2.05, 4.69) is 22.0 Å². The van der Waals surface area contributed by atoms with Crippen LogP contribution in [0.4, 0.5) is 0 Å². The van der Waals surface area contributed by atoms with Crippen molar-refractivity contribution in [3.63, 3.8) is 0 Å². The van der Waals surface area contributed by atoms with Crippen molar-refractivity contribution in [3.05, 3.63) is 66.0 Å². The SMILES string of the molecule is O=C(O)[C@H]1COC2(CCN(Cc3ccccc3)CC2)N1C(=O)c1cccnc1. The highest BCUT2D eigenvalue weighted by atomic mass is 16.5. The molecule has 28 heavy (non-hydrogen) atoms. The Morgan fingerprint density at radius 2 is 1.89 bits per heavy atom. The van der Waals surface area contributed by atoms with Gasteiger partial charge in [-0.15, -0.1) is 0 Å². The van der Waals surface area contributed by atoms with Gasteiger partial charge in [-0.25, -0.2) is 4.79 Å². The van der Waals surface area contributed by atoms with Crippen molar-refractivity contribution < 1.29 is 19.4 Å². The Morgan fingerprint density at radius 1 is 1.14 bits per heavy atom. The number of rotatable bonds is 4. The predicted octanol–water partition coefficient (Wildman–Crippen LogP) is 2.00. The number of hydrogen-bond donors (Lipinski definition) is 1. The van der Waals surface area contributed by atoms with Crippen LogP contribution in [0.15, 0.2) is 54.9 Å². The van der Waals surface area contributed by atoms with Crippen molar-refractivity contribution >= 4 is 11.9 Å². The maximum absolute atomic E-state index is 13.1. The van der Waals surface area contributed by atoms with Crippen molar-refractivity contribution in [1.29, 1.82) is 0 Å². The molecule has 2 fully saturated rings. The van der Waals surface area contributed by atoms with Crippen LogP contribution in [-0.4, -0.2) is 63.2 Å². The Balaban J connectivity index is 1.52. The van der Waals surface area contributed by atoms with Crippen LogP contribution >= 0.6 is 0 Å². The van der Waals surface area contributed by atoms with Crippen LogP contribution in [0.2, 0.25) is 0 Å². The van der Waals surface area contributed by atoms with E-state index >= 15 is 0 Å². The summed E-state index contributed by atoms with van der Waals surface area (Å²) in [5, 5.41) is 9.64. The minimum atomic E-state index is -1.04. The van der Waals surface area contributed by atoms with Crippen molar-refractivity contribution in [2.75, 3.05) is 19.7 Å². The second kappa shape index (κ2) is 7.69. The molecule has 146 valence electrons. The van der Waals surface area contributed by atoms with E-state index in [4.69, 9.17) is 4.74 Å². The van der Waals surface area contributed by atoms with Gasteiger partial charge in [0, 0.05) is 44.9 Å². The van der Waals surface area contributed by atoms with Gasteiger partial charge >= 0.3 is 5.97 Å². The molecule has 7 heteroatoms. The van der Waals surface area contributed by atoms with Gasteiger partial charge in [-0.1, -0.05) is 30.3 Å². The first-order valence-electron chi connectivity index (χ1n) is 9.46. The zero-order valence-electron chi connectivity index (χ0n) is 15.5. The zero-order chi connectivity index (χ0) is 19.6. The number of aliphatic carboxylic acids is 1. The number of carbonyl (C=O) groups excluding carboxylic acids is 1. The molecule has 4 rings (SSSR count). The van der Waals surface area contributed by atoms with Gasteiger partial charge in [-0.05, 0) is 17.7 Å². The summed E-state index contributed by atoms with van der Waals surface area (Å²) in [5.74, 6) is -1.38. The first-order valence-corrected chi connectivity index (χ1v) is 9.46. The molecule has 1 aromatic carbocycles. The lowest BCUT2D eigenvalue weighted by Crippen LogP contribution is -2.58. The summed E-state index contributed by atoms with van der Waals surface area (Å²) in [6.07, 6.45) is 4.22. The van der Waals surface area contributed by atoms with Crippen LogP contribution in [0, 0.1) is 0 Å². The molecule has 0 saturated carbocycles. The van der Waals surface area contributed by atoms with E-state index in [0.29, 0.717) is 18.4 Å². The van der Waals surface area contributed by atoms with Gasteiger partial charge in [0.05, 0.1) is 12.2 Å². The quantitative estimate of drug-likeness (QED) is 0.872. The lowest BCUT2D eigenvalue weighted by Gasteiger charge is -2.44. The van der Waals surface area contributed by atoms with Crippen molar-refractivity contribution in [1.82, 2.24) is 14.8 Å². The summed E-state index contributed by atoms with van der Waals surface area (Å²) in [6.45, 7) is 2.31. The largest absolute Gasteiger partial charge is 0.480 e. The van der Waals surface area contributed by atoms with Crippen LogP contribution in [0.1, 0.15) is 28.8 Å². The van der Waals surface area contributed by atoms with Crippen molar-refractivity contribution in [2.45, 2.75) is 31.2 Å². The molecule has 0 radical (unpaired) electrons. The highest BCUT2D eigenvalue weighted by Gasteiger charge is 2.54. The maximum Gasteiger partial charge on any atom is 0.328 e. The predicted molar refractivity (Wildman–Crippen MR) is 101 cm³/mol. The van der Waals surface area contributed by atoms with E-state index in [-0.39, 0.29) is 12.5 Å². The van der Waals surface area contributed by atoms with E-state index in [1.165, 1.54) is 16.7 Å². The fourth-order valence-corrected chi connectivity index (χ4v) is 4.09. The molecular weight excluding hydrogens is 358 g/mol. The number of hydrogen-bond acceptors (Lipinski definition) is 5. The zero-order valence-corrected chi connectivity index (χ0v) is 15.5. The van der Waals surface area contributed by atoms with E-state index < -0.39 is 17.7 Å². The molecule has 1 spiro atoms. The fourth-order valence-electron chi connectivity index (χ4n) is 4.09. The molecule has 2 saturated heterocycles. The smallest absolute Gasteiger partial charge is 0.328 e. The van der Waals surface area contributed by atoms with Crippen LogP contribution in [-0.2, 0) is 16.1 Å². The summed E-state index contributed by atoms with van der Waals surface area (Å²) < 4.78 is 5.99. The van der Waals surface area contributed by atoms with E-state index in [1.54, 1.807) is 18.3 Å². The molecule has 0 unspecified atom stereocenters. The van der Waals surface area contributed by atoms with Gasteiger partial charge in [0.25, 0.3) is 5.91 Å². The van der Waals surface area contributed by atoms with Gasteiger partial charge in [-0.3, -0.25) is 19.6 Å². The van der Waals surface area contributed by atoms with Crippen LogP contribution in [0.3, 0.4) is 0 Å². The first kappa shape index (κ1) is 18.6. The van der Waals surface area contributed by atoms with Gasteiger partial charge < -0.3 is 9.84 Å². The van der Waals surface area contributed by atoms with Gasteiger partial charge in [0.15, 0.2) is 6.04 Å². The highest BCUT2D eigenvalue weighted by Crippen LogP contribution is 2.38. The Hall–Kier alpha value is -2.77. The number of nitrogens with zero attached hydrogens (tertiary/aromatic N) is 3. The molecular formula is C21H23N3O4. The van der Waals surface area contributed by atoms with Crippen LogP contribution in [0.5, 0.6) is 0 Å². The molecule has 3 heterocycles. The minimum Gasteiger partial charge on any atom is -0.480 e. The summed E-state index contributed by atoms with van der Waals surface area (Å²) in [5.41, 5.74) is 0.742. The molecule has 0 bridgehead atoms. The number of pyridine rings is 1. The lowest BCUT2D eigenvalue weighted by molar-refractivity contribution is -0.144. The van der Waals surface area contributed by atoms with E-state index in [0.717, 1.165) is 19.6 Å². The molecule has 0 aliphatic carbocycles. The Bertz CT molecular complexity index is 835. The van der Waals surface area contributed by atoms with E-state index in [1.807, 2.05) is 18.2 Å². The number of carbonyl (C=O) groups is 2. The summed E-state index contributed by atoms with van der Waals surface area (Å²) in [6, 6.07) is 12.6. The van der Waals surface area contributed by atoms with Gasteiger partial charge in [0.2, 0.25) is 0 Å². The topological polar surface area (TPSA) is 83.0 Å². The first-order chi connectivity index (χ1) is 13.6. The highest BCUT2D eigenvalue weighted by molar-refractivity contribution is 5.97. The Kier molecular flexibility index (Phi) is 5.11. The Labute approximate surface area is 163 Å². The number of aromatic nitrogens is 1. The molecule has 1 N–H and O–H groups in total. The van der Waals surface area contributed by atoms with Crippen LogP contribution in [0.25, 0.3) is 0 Å². The molecule has 2 aliphatic heterocycles. The molecule has 2 aromatic rings. The van der Waals surface area contributed by atoms with Crippen molar-refractivity contribution in [3.8, 4) is 0 Å². The summed E-state index contributed by atoms with van der Waals surface area (Å²) in [4.78, 5) is 32.7. The maximum atomic E-state index is 13.1. The standard InChI is InChI=1S/C21H23N3O4/c25-19(17-7-4-10-22-13-17)24-18(20(26)27)15-28-21(24)8-11-23(12-9-21)14-16-5-2-1-3-6-16/h1-7,10,13,18H,8-9,11-12,14-15H2,(H,26,27)/t18-/m1/s1. The third kappa shape index (κ3) is 3.50. The monoisotopic (exact) mass is 381 g/mol. The number of carboxylic acids is 1. The molecule has 1 aromatic heterocycles. The Morgan fingerprint density at radius 3 is 2.54 bits per heavy atom. The van der Waals surface area contributed by atoms with Gasteiger partial charge in [0.1, 0.15) is 5.72 Å². The fraction of sp³-hybridized carbons (Fsp3) is 0.381. The number of benzene rings is 1. The summed E-state index contributed by atoms with van der Waals surface area (Å²) >= 11 is 0. The second-order valence-corrected chi connectivity index (χ2v) is 7.29. The average Bonchev–Trinajstić information content (AvgIpc) is 3.10. The van der Waals surface area contributed by atoms with E-state index in [9.17, 15) is 14.7 Å². The van der Waals surface area contributed by atoms with Gasteiger partial charge in [-0.2, -0.15) is 0 Å². The molecule has 2 aliphatic rings. The molecule has 7 nitrogen and oxygen atoms in total. The summed E-state index contributed by atoms with van der Waals surface area (Å²) in [7, 11) is 0. The number of likely N-dealkylation sites (tertiary alicyclic amines) is 1.